The molecule has 3 aromatic rings. The highest BCUT2D eigenvalue weighted by atomic mass is 32.2. The van der Waals surface area contributed by atoms with Crippen molar-refractivity contribution in [3.63, 3.8) is 0 Å². The summed E-state index contributed by atoms with van der Waals surface area (Å²) in [4.78, 5) is 17.5. The fraction of sp³-hybridized carbons (Fsp3) is 0.333. The van der Waals surface area contributed by atoms with Crippen molar-refractivity contribution >= 4 is 33.4 Å². The third kappa shape index (κ3) is 3.26. The quantitative estimate of drug-likeness (QED) is 0.299. The maximum absolute atomic E-state index is 12.8. The molecule has 0 spiro atoms. The molecule has 120 valence electrons. The molecule has 0 fully saturated rings. The molecule has 0 amide bonds. The van der Waals surface area contributed by atoms with Gasteiger partial charge in [0.2, 0.25) is 0 Å². The number of rotatable bonds is 6. The standard InChI is InChI=1S/C18H20N2O2S/c1-3-20-17(21)15-11-13-7-5-6-8-14(13)12-16(15)19-18(20)23-10-9-22-4-2/h5-8,11-12H,3-4,9-10H2,1-2H3. The number of hydrogen-bond acceptors (Lipinski definition) is 4. The Morgan fingerprint density at radius 2 is 1.91 bits per heavy atom. The molecule has 0 aliphatic carbocycles. The van der Waals surface area contributed by atoms with Crippen LogP contribution in [0.2, 0.25) is 0 Å². The molecule has 0 bridgehead atoms. The van der Waals surface area contributed by atoms with Crippen LogP contribution >= 0.6 is 11.8 Å². The van der Waals surface area contributed by atoms with Gasteiger partial charge in [0.25, 0.3) is 5.56 Å². The Hall–Kier alpha value is -1.85. The first kappa shape index (κ1) is 16.0. The van der Waals surface area contributed by atoms with Gasteiger partial charge in [0.05, 0.1) is 17.5 Å². The number of fused-ring (bicyclic) bond motifs is 2. The van der Waals surface area contributed by atoms with Crippen LogP contribution in [0.25, 0.3) is 21.7 Å². The van der Waals surface area contributed by atoms with Crippen molar-refractivity contribution in [1.82, 2.24) is 9.55 Å². The minimum absolute atomic E-state index is 0.0298. The second-order valence-electron chi connectivity index (χ2n) is 5.21. The zero-order valence-electron chi connectivity index (χ0n) is 13.4. The molecule has 3 rings (SSSR count). The van der Waals surface area contributed by atoms with E-state index in [1.807, 2.05) is 50.2 Å². The van der Waals surface area contributed by atoms with Crippen LogP contribution in [0.1, 0.15) is 13.8 Å². The number of nitrogens with zero attached hydrogens (tertiary/aromatic N) is 2. The van der Waals surface area contributed by atoms with Crippen molar-refractivity contribution in [2.24, 2.45) is 0 Å². The van der Waals surface area contributed by atoms with Crippen molar-refractivity contribution in [3.8, 4) is 0 Å². The summed E-state index contributed by atoms with van der Waals surface area (Å²) in [6.07, 6.45) is 0. The van der Waals surface area contributed by atoms with Gasteiger partial charge in [-0.1, -0.05) is 36.0 Å². The number of thioether (sulfide) groups is 1. The number of aromatic nitrogens is 2. The smallest absolute Gasteiger partial charge is 0.262 e. The molecular formula is C18H20N2O2S. The minimum Gasteiger partial charge on any atom is -0.381 e. The summed E-state index contributed by atoms with van der Waals surface area (Å²) >= 11 is 1.57. The van der Waals surface area contributed by atoms with Gasteiger partial charge in [0.1, 0.15) is 0 Å². The van der Waals surface area contributed by atoms with Crippen molar-refractivity contribution in [2.45, 2.75) is 25.5 Å². The van der Waals surface area contributed by atoms with Gasteiger partial charge in [0.15, 0.2) is 5.16 Å². The fourth-order valence-corrected chi connectivity index (χ4v) is 3.53. The van der Waals surface area contributed by atoms with Crippen molar-refractivity contribution in [2.75, 3.05) is 19.0 Å². The third-order valence-electron chi connectivity index (χ3n) is 3.77. The van der Waals surface area contributed by atoms with Gasteiger partial charge < -0.3 is 4.74 Å². The van der Waals surface area contributed by atoms with Gasteiger partial charge in [-0.05, 0) is 36.8 Å². The zero-order chi connectivity index (χ0) is 16.2. The number of ether oxygens (including phenoxy) is 1. The Balaban J connectivity index is 2.09. The highest BCUT2D eigenvalue weighted by molar-refractivity contribution is 7.99. The first-order valence-electron chi connectivity index (χ1n) is 7.88. The summed E-state index contributed by atoms with van der Waals surface area (Å²) in [6.45, 7) is 5.94. The Labute approximate surface area is 139 Å². The predicted octanol–water partition coefficient (Wildman–Crippen LogP) is 3.70. The van der Waals surface area contributed by atoms with Gasteiger partial charge >= 0.3 is 0 Å². The Kier molecular flexibility index (Phi) is 4.98. The van der Waals surface area contributed by atoms with Gasteiger partial charge in [-0.25, -0.2) is 4.98 Å². The highest BCUT2D eigenvalue weighted by Crippen LogP contribution is 2.22. The lowest BCUT2D eigenvalue weighted by atomic mass is 10.1. The van der Waals surface area contributed by atoms with Gasteiger partial charge in [-0.2, -0.15) is 0 Å². The molecule has 4 nitrogen and oxygen atoms in total. The Morgan fingerprint density at radius 1 is 1.17 bits per heavy atom. The van der Waals surface area contributed by atoms with Gasteiger partial charge in [-0.3, -0.25) is 9.36 Å². The summed E-state index contributed by atoms with van der Waals surface area (Å²) in [7, 11) is 0. The van der Waals surface area contributed by atoms with E-state index >= 15 is 0 Å². The Morgan fingerprint density at radius 3 is 2.61 bits per heavy atom. The summed E-state index contributed by atoms with van der Waals surface area (Å²) in [6, 6.07) is 12.0. The molecule has 23 heavy (non-hydrogen) atoms. The molecule has 0 N–H and O–H groups in total. The normalized spacial score (nSPS) is 11.4. The van der Waals surface area contributed by atoms with Crippen LogP contribution in [0.5, 0.6) is 0 Å². The number of benzene rings is 2. The Bertz CT molecular complexity index is 889. The molecule has 1 aromatic heterocycles. The topological polar surface area (TPSA) is 44.1 Å². The molecule has 0 saturated heterocycles. The fourth-order valence-electron chi connectivity index (χ4n) is 2.61. The average molecular weight is 328 g/mol. The van der Waals surface area contributed by atoms with Crippen LogP contribution in [-0.4, -0.2) is 28.5 Å². The second-order valence-corrected chi connectivity index (χ2v) is 6.27. The molecular weight excluding hydrogens is 308 g/mol. The largest absolute Gasteiger partial charge is 0.381 e. The molecule has 0 atom stereocenters. The lowest BCUT2D eigenvalue weighted by Gasteiger charge is -2.11. The van der Waals surface area contributed by atoms with Crippen molar-refractivity contribution < 1.29 is 4.74 Å². The summed E-state index contributed by atoms with van der Waals surface area (Å²) in [5.41, 5.74) is 0.791. The predicted molar refractivity (Wildman–Crippen MR) is 96.4 cm³/mol. The second kappa shape index (κ2) is 7.15. The van der Waals surface area contributed by atoms with E-state index in [4.69, 9.17) is 9.72 Å². The van der Waals surface area contributed by atoms with Crippen molar-refractivity contribution in [1.29, 1.82) is 0 Å². The van der Waals surface area contributed by atoms with Crippen LogP contribution in [0.15, 0.2) is 46.3 Å². The molecule has 0 aliphatic heterocycles. The lowest BCUT2D eigenvalue weighted by Crippen LogP contribution is -2.22. The minimum atomic E-state index is 0.0298. The zero-order valence-corrected chi connectivity index (χ0v) is 14.2. The van der Waals surface area contributed by atoms with Crippen LogP contribution in [-0.2, 0) is 11.3 Å². The highest BCUT2D eigenvalue weighted by Gasteiger charge is 2.11. The number of hydrogen-bond donors (Lipinski definition) is 0. The van der Waals surface area contributed by atoms with Crippen molar-refractivity contribution in [3.05, 3.63) is 46.8 Å². The van der Waals surface area contributed by atoms with Crippen LogP contribution in [0, 0.1) is 0 Å². The lowest BCUT2D eigenvalue weighted by molar-refractivity contribution is 0.164. The average Bonchev–Trinajstić information content (AvgIpc) is 2.57. The SMILES string of the molecule is CCOCCSc1nc2cc3ccccc3cc2c(=O)n1CC. The van der Waals surface area contributed by atoms with Gasteiger partial charge in [0, 0.05) is 18.9 Å². The van der Waals surface area contributed by atoms with E-state index in [-0.39, 0.29) is 5.56 Å². The maximum Gasteiger partial charge on any atom is 0.262 e. The van der Waals surface area contributed by atoms with E-state index in [0.29, 0.717) is 25.1 Å². The molecule has 1 heterocycles. The van der Waals surface area contributed by atoms with E-state index in [2.05, 4.69) is 0 Å². The first-order chi connectivity index (χ1) is 11.2. The van der Waals surface area contributed by atoms with E-state index in [9.17, 15) is 4.79 Å². The summed E-state index contributed by atoms with van der Waals surface area (Å²) < 4.78 is 7.11. The maximum atomic E-state index is 12.8. The molecule has 5 heteroatoms. The molecule has 0 unspecified atom stereocenters. The van der Waals surface area contributed by atoms with E-state index in [1.54, 1.807) is 16.3 Å². The summed E-state index contributed by atoms with van der Waals surface area (Å²) in [5.74, 6) is 0.791. The molecule has 2 aromatic carbocycles. The van der Waals surface area contributed by atoms with Gasteiger partial charge in [-0.15, -0.1) is 0 Å². The molecule has 0 aliphatic rings. The van der Waals surface area contributed by atoms with E-state index < -0.39 is 0 Å². The first-order valence-corrected chi connectivity index (χ1v) is 8.87. The molecule has 0 radical (unpaired) electrons. The van der Waals surface area contributed by atoms with Crippen LogP contribution in [0.4, 0.5) is 0 Å². The van der Waals surface area contributed by atoms with Crippen LogP contribution < -0.4 is 5.56 Å². The monoisotopic (exact) mass is 328 g/mol. The van der Waals surface area contributed by atoms with E-state index in [0.717, 1.165) is 27.2 Å². The van der Waals surface area contributed by atoms with Crippen LogP contribution in [0.3, 0.4) is 0 Å². The van der Waals surface area contributed by atoms with E-state index in [1.165, 1.54) is 0 Å². The summed E-state index contributed by atoms with van der Waals surface area (Å²) in [5, 5.41) is 3.62. The third-order valence-corrected chi connectivity index (χ3v) is 4.71. The molecule has 0 saturated carbocycles.